The van der Waals surface area contributed by atoms with Crippen LogP contribution in [0.3, 0.4) is 0 Å². The Morgan fingerprint density at radius 2 is 2.40 bits per heavy atom. The van der Waals surface area contributed by atoms with Crippen molar-refractivity contribution >= 4 is 0 Å². The molecule has 0 aromatic carbocycles. The van der Waals surface area contributed by atoms with Crippen molar-refractivity contribution in [1.29, 1.82) is 0 Å². The Labute approximate surface area is 89.9 Å². The Balaban J connectivity index is 1.89. The fraction of sp³-hybridized carbons (Fsp3) is 0.727. The summed E-state index contributed by atoms with van der Waals surface area (Å²) >= 11 is 0. The number of aliphatic hydroxyl groups is 1. The number of nitrogens with zero attached hydrogens (tertiary/aromatic N) is 2. The summed E-state index contributed by atoms with van der Waals surface area (Å²) in [5.74, 6) is 0.937. The van der Waals surface area contributed by atoms with Gasteiger partial charge in [-0.25, -0.2) is 4.98 Å². The lowest BCUT2D eigenvalue weighted by molar-refractivity contribution is -0.137. The Kier molecular flexibility index (Phi) is 2.80. The van der Waals surface area contributed by atoms with E-state index in [1.165, 1.54) is 0 Å². The molecule has 1 aliphatic carbocycles. The Hall–Kier alpha value is -0.870. The first-order chi connectivity index (χ1) is 7.13. The minimum absolute atomic E-state index is 0.236. The van der Waals surface area contributed by atoms with Gasteiger partial charge in [0.2, 0.25) is 0 Å². The van der Waals surface area contributed by atoms with Crippen molar-refractivity contribution in [3.05, 3.63) is 18.2 Å². The molecule has 2 rings (SSSR count). The minimum atomic E-state index is -0.598. The number of rotatable bonds is 4. The first-order valence-electron chi connectivity index (χ1n) is 5.43. The maximum absolute atomic E-state index is 10.2. The third kappa shape index (κ3) is 2.21. The molecule has 1 fully saturated rings. The van der Waals surface area contributed by atoms with Crippen LogP contribution < -0.4 is 0 Å². The second kappa shape index (κ2) is 3.94. The van der Waals surface area contributed by atoms with Crippen LogP contribution in [0.1, 0.15) is 25.6 Å². The Morgan fingerprint density at radius 1 is 1.67 bits per heavy atom. The number of aromatic nitrogens is 2. The van der Waals surface area contributed by atoms with E-state index in [1.54, 1.807) is 6.20 Å². The SMILES string of the molecule is CCOC1CC(O)(Cc2nccn2C)C1. The molecule has 1 heterocycles. The van der Waals surface area contributed by atoms with Crippen LogP contribution in [0.2, 0.25) is 0 Å². The highest BCUT2D eigenvalue weighted by molar-refractivity contribution is 5.04. The smallest absolute Gasteiger partial charge is 0.111 e. The van der Waals surface area contributed by atoms with E-state index >= 15 is 0 Å². The summed E-state index contributed by atoms with van der Waals surface area (Å²) in [6.07, 6.45) is 5.98. The van der Waals surface area contributed by atoms with E-state index in [4.69, 9.17) is 4.74 Å². The second-order valence-corrected chi connectivity index (χ2v) is 4.34. The van der Waals surface area contributed by atoms with Crippen molar-refractivity contribution in [2.24, 2.45) is 7.05 Å². The van der Waals surface area contributed by atoms with Crippen LogP contribution in [0.15, 0.2) is 12.4 Å². The zero-order valence-electron chi connectivity index (χ0n) is 9.31. The lowest BCUT2D eigenvalue weighted by atomic mass is 9.75. The number of hydrogen-bond acceptors (Lipinski definition) is 3. The van der Waals surface area contributed by atoms with E-state index in [2.05, 4.69) is 4.98 Å². The van der Waals surface area contributed by atoms with E-state index in [9.17, 15) is 5.11 Å². The highest BCUT2D eigenvalue weighted by atomic mass is 16.5. The molecule has 4 nitrogen and oxygen atoms in total. The van der Waals surface area contributed by atoms with Crippen molar-refractivity contribution in [1.82, 2.24) is 9.55 Å². The summed E-state index contributed by atoms with van der Waals surface area (Å²) in [5.41, 5.74) is -0.598. The van der Waals surface area contributed by atoms with Gasteiger partial charge >= 0.3 is 0 Å². The van der Waals surface area contributed by atoms with Crippen molar-refractivity contribution in [3.63, 3.8) is 0 Å². The number of ether oxygens (including phenoxy) is 1. The molecule has 0 aliphatic heterocycles. The van der Waals surface area contributed by atoms with Crippen LogP contribution in [0, 0.1) is 0 Å². The quantitative estimate of drug-likeness (QED) is 0.803. The molecule has 15 heavy (non-hydrogen) atoms. The third-order valence-electron chi connectivity index (χ3n) is 3.03. The number of aryl methyl sites for hydroxylation is 1. The summed E-state index contributed by atoms with van der Waals surface area (Å²) < 4.78 is 7.39. The van der Waals surface area contributed by atoms with E-state index in [0.717, 1.165) is 25.3 Å². The van der Waals surface area contributed by atoms with Crippen LogP contribution in [-0.2, 0) is 18.2 Å². The fourth-order valence-electron chi connectivity index (χ4n) is 2.15. The lowest BCUT2D eigenvalue weighted by Gasteiger charge is -2.43. The maximum Gasteiger partial charge on any atom is 0.111 e. The highest BCUT2D eigenvalue weighted by Gasteiger charge is 2.43. The molecule has 4 heteroatoms. The van der Waals surface area contributed by atoms with Gasteiger partial charge in [0, 0.05) is 45.3 Å². The second-order valence-electron chi connectivity index (χ2n) is 4.34. The van der Waals surface area contributed by atoms with Crippen LogP contribution in [0.25, 0.3) is 0 Å². The molecule has 0 spiro atoms. The average Bonchev–Trinajstić information content (AvgIpc) is 2.50. The van der Waals surface area contributed by atoms with Gasteiger partial charge in [0.1, 0.15) is 5.82 Å². The Bertz CT molecular complexity index is 329. The van der Waals surface area contributed by atoms with Crippen molar-refractivity contribution in [2.75, 3.05) is 6.61 Å². The zero-order valence-corrected chi connectivity index (χ0v) is 9.31. The lowest BCUT2D eigenvalue weighted by Crippen LogP contribution is -2.50. The molecule has 0 saturated heterocycles. The van der Waals surface area contributed by atoms with E-state index in [-0.39, 0.29) is 6.10 Å². The van der Waals surface area contributed by atoms with E-state index < -0.39 is 5.60 Å². The van der Waals surface area contributed by atoms with Gasteiger partial charge in [-0.05, 0) is 6.92 Å². The van der Waals surface area contributed by atoms with Crippen LogP contribution in [-0.4, -0.2) is 33.0 Å². The molecule has 1 saturated carbocycles. The van der Waals surface area contributed by atoms with Crippen LogP contribution >= 0.6 is 0 Å². The summed E-state index contributed by atoms with van der Waals surface area (Å²) in [6, 6.07) is 0. The summed E-state index contributed by atoms with van der Waals surface area (Å²) in [4.78, 5) is 4.22. The first-order valence-corrected chi connectivity index (χ1v) is 5.43. The Morgan fingerprint density at radius 3 is 2.93 bits per heavy atom. The first kappa shape index (κ1) is 10.6. The zero-order chi connectivity index (χ0) is 10.9. The monoisotopic (exact) mass is 210 g/mol. The van der Waals surface area contributed by atoms with Gasteiger partial charge in [-0.2, -0.15) is 0 Å². The van der Waals surface area contributed by atoms with Crippen LogP contribution in [0.4, 0.5) is 0 Å². The fourth-order valence-corrected chi connectivity index (χ4v) is 2.15. The van der Waals surface area contributed by atoms with Gasteiger partial charge in [0.05, 0.1) is 11.7 Å². The molecule has 0 atom stereocenters. The van der Waals surface area contributed by atoms with Gasteiger partial charge in [-0.1, -0.05) is 0 Å². The van der Waals surface area contributed by atoms with E-state index in [1.807, 2.05) is 24.7 Å². The molecular formula is C11H18N2O2. The molecule has 0 unspecified atom stereocenters. The molecule has 1 N–H and O–H groups in total. The number of imidazole rings is 1. The van der Waals surface area contributed by atoms with Crippen molar-refractivity contribution in [3.8, 4) is 0 Å². The molecule has 1 aromatic heterocycles. The van der Waals surface area contributed by atoms with Gasteiger partial charge in [0.25, 0.3) is 0 Å². The largest absolute Gasteiger partial charge is 0.389 e. The van der Waals surface area contributed by atoms with Gasteiger partial charge in [-0.15, -0.1) is 0 Å². The van der Waals surface area contributed by atoms with Crippen LogP contribution in [0.5, 0.6) is 0 Å². The minimum Gasteiger partial charge on any atom is -0.389 e. The summed E-state index contributed by atoms with van der Waals surface area (Å²) in [6.45, 7) is 2.71. The number of hydrogen-bond donors (Lipinski definition) is 1. The molecule has 0 bridgehead atoms. The molecule has 84 valence electrons. The molecular weight excluding hydrogens is 192 g/mol. The normalized spacial score (nSPS) is 30.2. The molecule has 1 aliphatic rings. The molecule has 0 amide bonds. The average molecular weight is 210 g/mol. The van der Waals surface area contributed by atoms with Gasteiger partial charge in [0.15, 0.2) is 0 Å². The standard InChI is InChI=1S/C11H18N2O2/c1-3-15-9-6-11(14,7-9)8-10-12-4-5-13(10)2/h4-5,9,14H,3,6-8H2,1-2H3. The molecule has 0 radical (unpaired) electrons. The van der Waals surface area contributed by atoms with Crippen molar-refractivity contribution in [2.45, 2.75) is 37.9 Å². The predicted molar refractivity (Wildman–Crippen MR) is 56.5 cm³/mol. The van der Waals surface area contributed by atoms with Crippen molar-refractivity contribution < 1.29 is 9.84 Å². The summed E-state index contributed by atoms with van der Waals surface area (Å²) in [5, 5.41) is 10.2. The molecule has 1 aromatic rings. The highest BCUT2D eigenvalue weighted by Crippen LogP contribution is 2.36. The van der Waals surface area contributed by atoms with E-state index in [0.29, 0.717) is 6.42 Å². The summed E-state index contributed by atoms with van der Waals surface area (Å²) in [7, 11) is 1.95. The van der Waals surface area contributed by atoms with Gasteiger partial charge in [-0.3, -0.25) is 0 Å². The maximum atomic E-state index is 10.2. The predicted octanol–water partition coefficient (Wildman–Crippen LogP) is 0.893. The topological polar surface area (TPSA) is 47.3 Å². The third-order valence-corrected chi connectivity index (χ3v) is 3.03. The van der Waals surface area contributed by atoms with Gasteiger partial charge < -0.3 is 14.4 Å².